The van der Waals surface area contributed by atoms with Gasteiger partial charge in [-0.15, -0.1) is 0 Å². The molecule has 0 aliphatic carbocycles. The maximum atomic E-state index is 12.6. The smallest absolute Gasteiger partial charge is 0.251 e. The van der Waals surface area contributed by atoms with Gasteiger partial charge < -0.3 is 10.6 Å². The van der Waals surface area contributed by atoms with Gasteiger partial charge in [-0.2, -0.15) is 5.26 Å². The van der Waals surface area contributed by atoms with E-state index < -0.39 is 33.4 Å². The Morgan fingerprint density at radius 1 is 1.07 bits per heavy atom. The first-order valence-electron chi connectivity index (χ1n) is 8.27. The van der Waals surface area contributed by atoms with Crippen molar-refractivity contribution in [1.82, 2.24) is 10.6 Å². The molecule has 0 spiro atoms. The maximum absolute atomic E-state index is 12.6. The fraction of sp³-hybridized carbons (Fsp3) is 0.211. The zero-order valence-corrected chi connectivity index (χ0v) is 17.2. The number of nitriles is 1. The van der Waals surface area contributed by atoms with Crippen molar-refractivity contribution in [3.8, 4) is 6.07 Å². The van der Waals surface area contributed by atoms with Gasteiger partial charge in [-0.25, -0.2) is 8.42 Å². The van der Waals surface area contributed by atoms with Crippen LogP contribution in [0.15, 0.2) is 59.1 Å². The average molecular weight is 464 g/mol. The summed E-state index contributed by atoms with van der Waals surface area (Å²) in [6.45, 7) is -0.291. The fourth-order valence-electron chi connectivity index (χ4n) is 2.43. The van der Waals surface area contributed by atoms with Crippen LogP contribution in [0.4, 0.5) is 0 Å². The van der Waals surface area contributed by atoms with E-state index in [1.807, 2.05) is 0 Å². The molecular formula is C19H18BrN3O4S. The van der Waals surface area contributed by atoms with Crippen LogP contribution in [0.2, 0.25) is 0 Å². The van der Waals surface area contributed by atoms with Crippen LogP contribution in [0.5, 0.6) is 0 Å². The molecule has 2 N–H and O–H groups in total. The summed E-state index contributed by atoms with van der Waals surface area (Å²) in [5, 5.41) is 13.4. The third-order valence-electron chi connectivity index (χ3n) is 3.75. The minimum atomic E-state index is -3.74. The Balaban J connectivity index is 2.18. The average Bonchev–Trinajstić information content (AvgIpc) is 2.67. The molecule has 146 valence electrons. The van der Waals surface area contributed by atoms with Crippen molar-refractivity contribution in [1.29, 1.82) is 5.26 Å². The standard InChI is InChI=1S/C19H18BrN3O4S/c20-16-9-5-4-8-15(16)12-28(26,27)13-17(19(25)22-11-10-21)23-18(24)14-6-2-1-3-7-14/h1-9,17H,11-13H2,(H,22,25)(H,23,24)/t17-/m0/s1. The lowest BCUT2D eigenvalue weighted by molar-refractivity contribution is -0.122. The second-order valence-corrected chi connectivity index (χ2v) is 8.88. The molecule has 2 aromatic rings. The predicted molar refractivity (Wildman–Crippen MR) is 108 cm³/mol. The van der Waals surface area contributed by atoms with Gasteiger partial charge in [-0.05, 0) is 23.8 Å². The van der Waals surface area contributed by atoms with E-state index in [1.165, 1.54) is 0 Å². The summed E-state index contributed by atoms with van der Waals surface area (Å²) in [6.07, 6.45) is 0. The van der Waals surface area contributed by atoms with E-state index in [2.05, 4.69) is 26.6 Å². The van der Waals surface area contributed by atoms with Crippen molar-refractivity contribution in [2.45, 2.75) is 11.8 Å². The van der Waals surface area contributed by atoms with Crippen molar-refractivity contribution in [3.05, 3.63) is 70.2 Å². The molecule has 28 heavy (non-hydrogen) atoms. The first-order valence-corrected chi connectivity index (χ1v) is 10.9. The van der Waals surface area contributed by atoms with Gasteiger partial charge >= 0.3 is 0 Å². The Morgan fingerprint density at radius 2 is 1.71 bits per heavy atom. The van der Waals surface area contributed by atoms with Crippen LogP contribution in [-0.4, -0.2) is 38.6 Å². The minimum absolute atomic E-state index is 0.291. The van der Waals surface area contributed by atoms with E-state index in [9.17, 15) is 18.0 Å². The second-order valence-electron chi connectivity index (χ2n) is 5.91. The number of sulfone groups is 1. The number of amides is 2. The molecule has 0 saturated heterocycles. The van der Waals surface area contributed by atoms with E-state index in [4.69, 9.17) is 5.26 Å². The molecule has 0 fully saturated rings. The molecule has 0 bridgehead atoms. The largest absolute Gasteiger partial charge is 0.341 e. The molecule has 0 aromatic heterocycles. The Labute approximate surface area is 171 Å². The zero-order valence-electron chi connectivity index (χ0n) is 14.8. The van der Waals surface area contributed by atoms with Crippen molar-refractivity contribution >= 4 is 37.6 Å². The van der Waals surface area contributed by atoms with Gasteiger partial charge in [0.25, 0.3) is 5.91 Å². The Morgan fingerprint density at radius 3 is 2.36 bits per heavy atom. The lowest BCUT2D eigenvalue weighted by Gasteiger charge is -2.18. The summed E-state index contributed by atoms with van der Waals surface area (Å²) in [7, 11) is -3.74. The highest BCUT2D eigenvalue weighted by atomic mass is 79.9. The highest BCUT2D eigenvalue weighted by Crippen LogP contribution is 2.19. The number of hydrogen-bond donors (Lipinski definition) is 2. The van der Waals surface area contributed by atoms with Crippen LogP contribution < -0.4 is 10.6 Å². The van der Waals surface area contributed by atoms with E-state index >= 15 is 0 Å². The number of benzene rings is 2. The normalized spacial score (nSPS) is 11.9. The molecule has 2 aromatic carbocycles. The Hall–Kier alpha value is -2.70. The number of nitrogens with zero attached hydrogens (tertiary/aromatic N) is 1. The first-order chi connectivity index (χ1) is 13.3. The molecule has 2 amide bonds. The monoisotopic (exact) mass is 463 g/mol. The number of nitrogens with one attached hydrogen (secondary N) is 2. The van der Waals surface area contributed by atoms with Gasteiger partial charge in [0.2, 0.25) is 5.91 Å². The van der Waals surface area contributed by atoms with Crippen molar-refractivity contribution in [2.75, 3.05) is 12.3 Å². The second kappa shape index (κ2) is 10.0. The highest BCUT2D eigenvalue weighted by molar-refractivity contribution is 9.10. The van der Waals surface area contributed by atoms with Gasteiger partial charge in [-0.3, -0.25) is 9.59 Å². The fourth-order valence-corrected chi connectivity index (χ4v) is 4.63. The van der Waals surface area contributed by atoms with Crippen LogP contribution >= 0.6 is 15.9 Å². The first kappa shape index (κ1) is 21.6. The van der Waals surface area contributed by atoms with Crippen molar-refractivity contribution in [2.24, 2.45) is 0 Å². The molecule has 9 heteroatoms. The topological polar surface area (TPSA) is 116 Å². The van der Waals surface area contributed by atoms with E-state index in [-0.39, 0.29) is 12.3 Å². The van der Waals surface area contributed by atoms with Gasteiger partial charge in [0, 0.05) is 10.0 Å². The van der Waals surface area contributed by atoms with E-state index in [0.29, 0.717) is 15.6 Å². The number of halogens is 1. The lowest BCUT2D eigenvalue weighted by Crippen LogP contribution is -2.50. The summed E-state index contributed by atoms with van der Waals surface area (Å²) in [6, 6.07) is 15.4. The third-order valence-corrected chi connectivity index (χ3v) is 6.12. The molecule has 7 nitrogen and oxygen atoms in total. The van der Waals surface area contributed by atoms with Crippen LogP contribution in [0.3, 0.4) is 0 Å². The molecule has 0 radical (unpaired) electrons. The highest BCUT2D eigenvalue weighted by Gasteiger charge is 2.28. The molecule has 1 atom stereocenters. The van der Waals surface area contributed by atoms with Crippen LogP contribution in [0, 0.1) is 11.3 Å². The van der Waals surface area contributed by atoms with Crippen molar-refractivity contribution < 1.29 is 18.0 Å². The molecular weight excluding hydrogens is 446 g/mol. The van der Waals surface area contributed by atoms with Crippen LogP contribution in [0.1, 0.15) is 15.9 Å². The molecule has 0 saturated carbocycles. The van der Waals surface area contributed by atoms with Gasteiger partial charge in [0.05, 0.1) is 17.6 Å². The van der Waals surface area contributed by atoms with Crippen LogP contribution in [-0.2, 0) is 20.4 Å². The summed E-state index contributed by atoms with van der Waals surface area (Å²) in [4.78, 5) is 24.7. The molecule has 0 aliphatic heterocycles. The molecule has 0 unspecified atom stereocenters. The number of carbonyl (C=O) groups is 2. The maximum Gasteiger partial charge on any atom is 0.251 e. The van der Waals surface area contributed by atoms with Gasteiger partial charge in [0.15, 0.2) is 9.84 Å². The van der Waals surface area contributed by atoms with Crippen LogP contribution in [0.25, 0.3) is 0 Å². The summed E-state index contributed by atoms with van der Waals surface area (Å²) in [5.74, 6) is -2.20. The number of carbonyl (C=O) groups excluding carboxylic acids is 2. The SMILES string of the molecule is N#CCNC(=O)[C@H](CS(=O)(=O)Cc1ccccc1Br)NC(=O)c1ccccc1. The summed E-state index contributed by atoms with van der Waals surface area (Å²) in [5.41, 5.74) is 0.844. The third kappa shape index (κ3) is 6.48. The van der Waals surface area contributed by atoms with E-state index in [1.54, 1.807) is 60.7 Å². The van der Waals surface area contributed by atoms with E-state index in [0.717, 1.165) is 0 Å². The number of hydrogen-bond acceptors (Lipinski definition) is 5. The molecule has 0 heterocycles. The quantitative estimate of drug-likeness (QED) is 0.578. The summed E-state index contributed by atoms with van der Waals surface area (Å²) < 4.78 is 25.9. The van der Waals surface area contributed by atoms with Gasteiger partial charge in [0.1, 0.15) is 12.6 Å². The summed E-state index contributed by atoms with van der Waals surface area (Å²) >= 11 is 3.30. The lowest BCUT2D eigenvalue weighted by atomic mass is 10.2. The Bertz CT molecular complexity index is 988. The molecule has 2 rings (SSSR count). The predicted octanol–water partition coefficient (Wildman–Crippen LogP) is 1.80. The Kier molecular flexibility index (Phi) is 7.72. The number of rotatable bonds is 8. The minimum Gasteiger partial charge on any atom is -0.341 e. The van der Waals surface area contributed by atoms with Gasteiger partial charge in [-0.1, -0.05) is 52.3 Å². The zero-order chi connectivity index (χ0) is 20.6. The van der Waals surface area contributed by atoms with Crippen molar-refractivity contribution in [3.63, 3.8) is 0 Å². The molecule has 0 aliphatic rings.